The summed E-state index contributed by atoms with van der Waals surface area (Å²) in [4.78, 5) is 0. The Hall–Kier alpha value is -0.0800. The summed E-state index contributed by atoms with van der Waals surface area (Å²) in [6.45, 7) is 1.87. The van der Waals surface area contributed by atoms with E-state index in [0.717, 1.165) is 13.1 Å². The van der Waals surface area contributed by atoms with Crippen LogP contribution in [0.15, 0.2) is 0 Å². The largest absolute Gasteiger partial charge is 0.391 e. The van der Waals surface area contributed by atoms with E-state index in [4.69, 9.17) is 0 Å². The quantitative estimate of drug-likeness (QED) is 0.484. The fourth-order valence-corrected chi connectivity index (χ4v) is 1.93. The molecule has 0 aromatic carbocycles. The summed E-state index contributed by atoms with van der Waals surface area (Å²) >= 11 is 0. The van der Waals surface area contributed by atoms with Crippen LogP contribution < -0.4 is 5.32 Å². The van der Waals surface area contributed by atoms with Gasteiger partial charge < -0.3 is 10.4 Å². The van der Waals surface area contributed by atoms with Crippen LogP contribution in [-0.2, 0) is 0 Å². The highest BCUT2D eigenvalue weighted by Gasteiger charge is 2.46. The molecule has 0 radical (unpaired) electrons. The molecule has 2 heteroatoms. The van der Waals surface area contributed by atoms with E-state index in [-0.39, 0.29) is 6.10 Å². The molecule has 2 N–H and O–H groups in total. The first-order valence-electron chi connectivity index (χ1n) is 3.72. The predicted molar refractivity (Wildman–Crippen MR) is 35.2 cm³/mol. The van der Waals surface area contributed by atoms with Crippen molar-refractivity contribution >= 4 is 0 Å². The molecule has 1 aliphatic heterocycles. The normalized spacial score (nSPS) is 39.0. The van der Waals surface area contributed by atoms with Crippen molar-refractivity contribution in [2.75, 3.05) is 13.1 Å². The van der Waals surface area contributed by atoms with E-state index in [2.05, 4.69) is 5.32 Å². The summed E-state index contributed by atoms with van der Waals surface area (Å²) in [7, 11) is 0. The Morgan fingerprint density at radius 3 is 2.44 bits per heavy atom. The van der Waals surface area contributed by atoms with Crippen LogP contribution in [0.1, 0.15) is 19.3 Å². The van der Waals surface area contributed by atoms with E-state index in [1.54, 1.807) is 0 Å². The minimum atomic E-state index is -0.0498. The van der Waals surface area contributed by atoms with E-state index in [0.29, 0.717) is 5.41 Å². The maximum absolute atomic E-state index is 9.44. The molecule has 0 aromatic rings. The average Bonchev–Trinajstić information content (AvgIpc) is 2.07. The van der Waals surface area contributed by atoms with Gasteiger partial charge >= 0.3 is 0 Å². The lowest BCUT2D eigenvalue weighted by Gasteiger charge is -2.40. The van der Waals surface area contributed by atoms with Crippen LogP contribution in [0.25, 0.3) is 0 Å². The molecule has 2 rings (SSSR count). The molecule has 1 unspecified atom stereocenters. The summed E-state index contributed by atoms with van der Waals surface area (Å²) in [5, 5.41) is 12.7. The summed E-state index contributed by atoms with van der Waals surface area (Å²) in [6.07, 6.45) is 3.74. The van der Waals surface area contributed by atoms with E-state index in [1.165, 1.54) is 19.3 Å². The molecule has 1 saturated carbocycles. The number of hydrogen-bond acceptors (Lipinski definition) is 2. The van der Waals surface area contributed by atoms with E-state index >= 15 is 0 Å². The van der Waals surface area contributed by atoms with Gasteiger partial charge in [0.1, 0.15) is 0 Å². The summed E-state index contributed by atoms with van der Waals surface area (Å²) in [5.74, 6) is 0. The first kappa shape index (κ1) is 5.69. The number of aliphatic hydroxyl groups excluding tert-OH is 1. The first-order valence-corrected chi connectivity index (χ1v) is 3.72. The Kier molecular flexibility index (Phi) is 1.08. The second kappa shape index (κ2) is 1.70. The lowest BCUT2D eigenvalue weighted by molar-refractivity contribution is 0.00802. The maximum atomic E-state index is 9.44. The van der Waals surface area contributed by atoms with Crippen LogP contribution in [0.4, 0.5) is 0 Å². The Morgan fingerprint density at radius 1 is 1.44 bits per heavy atom. The van der Waals surface area contributed by atoms with Crippen LogP contribution in [0.3, 0.4) is 0 Å². The fourth-order valence-electron chi connectivity index (χ4n) is 1.93. The summed E-state index contributed by atoms with van der Waals surface area (Å²) < 4.78 is 0. The van der Waals surface area contributed by atoms with Crippen molar-refractivity contribution < 1.29 is 5.11 Å². The number of aliphatic hydroxyl groups is 1. The third-order valence-corrected chi connectivity index (χ3v) is 2.87. The van der Waals surface area contributed by atoms with Crippen LogP contribution in [0, 0.1) is 5.41 Å². The molecule has 0 aromatic heterocycles. The van der Waals surface area contributed by atoms with Gasteiger partial charge in [-0.3, -0.25) is 0 Å². The van der Waals surface area contributed by atoms with Gasteiger partial charge in [0.25, 0.3) is 0 Å². The molecule has 1 spiro atoms. The summed E-state index contributed by atoms with van der Waals surface area (Å²) in [5.41, 5.74) is 0.319. The third kappa shape index (κ3) is 0.634. The molecule has 1 saturated heterocycles. The van der Waals surface area contributed by atoms with E-state index < -0.39 is 0 Å². The van der Waals surface area contributed by atoms with Crippen molar-refractivity contribution in [3.8, 4) is 0 Å². The number of nitrogens with one attached hydrogen (secondary N) is 1. The third-order valence-electron chi connectivity index (χ3n) is 2.87. The van der Waals surface area contributed by atoms with Crippen molar-refractivity contribution in [3.05, 3.63) is 0 Å². The van der Waals surface area contributed by atoms with Gasteiger partial charge in [0.2, 0.25) is 0 Å². The average molecular weight is 127 g/mol. The van der Waals surface area contributed by atoms with Crippen molar-refractivity contribution in [1.82, 2.24) is 5.32 Å². The topological polar surface area (TPSA) is 32.3 Å². The second-order valence-corrected chi connectivity index (χ2v) is 3.36. The second-order valence-electron chi connectivity index (χ2n) is 3.36. The SMILES string of the molecule is OC1CNCC12CCC2. The molecule has 1 heterocycles. The molecule has 0 bridgehead atoms. The van der Waals surface area contributed by atoms with E-state index in [1.807, 2.05) is 0 Å². The Balaban J connectivity index is 2.09. The standard InChI is InChI=1S/C7H13NO/c9-6-4-8-5-7(6)2-1-3-7/h6,8-9H,1-5H2. The molecule has 2 fully saturated rings. The smallest absolute Gasteiger partial charge is 0.0732 e. The molecule has 52 valence electrons. The molecular formula is C7H13NO. The zero-order chi connectivity index (χ0) is 6.32. The first-order chi connectivity index (χ1) is 4.33. The number of hydrogen-bond donors (Lipinski definition) is 2. The highest BCUT2D eigenvalue weighted by atomic mass is 16.3. The van der Waals surface area contributed by atoms with Crippen molar-refractivity contribution in [2.45, 2.75) is 25.4 Å². The van der Waals surface area contributed by atoms with Gasteiger partial charge in [-0.2, -0.15) is 0 Å². The predicted octanol–water partition coefficient (Wildman–Crippen LogP) is 0.121. The lowest BCUT2D eigenvalue weighted by atomic mass is 9.67. The molecule has 1 aliphatic carbocycles. The Bertz CT molecular complexity index is 120. The minimum Gasteiger partial charge on any atom is -0.391 e. The minimum absolute atomic E-state index is 0.0498. The summed E-state index contributed by atoms with van der Waals surface area (Å²) in [6, 6.07) is 0. The zero-order valence-corrected chi connectivity index (χ0v) is 5.56. The zero-order valence-electron chi connectivity index (χ0n) is 5.56. The van der Waals surface area contributed by atoms with Crippen molar-refractivity contribution in [3.63, 3.8) is 0 Å². The molecular weight excluding hydrogens is 114 g/mol. The van der Waals surface area contributed by atoms with Gasteiger partial charge in [-0.25, -0.2) is 0 Å². The van der Waals surface area contributed by atoms with Gasteiger partial charge in [-0.15, -0.1) is 0 Å². The lowest BCUT2D eigenvalue weighted by Crippen LogP contribution is -2.40. The number of rotatable bonds is 0. The molecule has 2 nitrogen and oxygen atoms in total. The Labute approximate surface area is 55.3 Å². The van der Waals surface area contributed by atoms with Gasteiger partial charge in [-0.1, -0.05) is 6.42 Å². The van der Waals surface area contributed by atoms with Crippen LogP contribution in [-0.4, -0.2) is 24.3 Å². The van der Waals surface area contributed by atoms with Crippen LogP contribution in [0.2, 0.25) is 0 Å². The van der Waals surface area contributed by atoms with Crippen molar-refractivity contribution in [1.29, 1.82) is 0 Å². The maximum Gasteiger partial charge on any atom is 0.0732 e. The van der Waals surface area contributed by atoms with Gasteiger partial charge in [-0.05, 0) is 12.8 Å². The molecule has 9 heavy (non-hydrogen) atoms. The molecule has 2 aliphatic rings. The fraction of sp³-hybridized carbons (Fsp3) is 1.00. The number of β-amino-alcohol motifs (C(OH)–C–C–N with tert-alkyl or cyclic N) is 1. The monoisotopic (exact) mass is 127 g/mol. The highest BCUT2D eigenvalue weighted by Crippen LogP contribution is 2.45. The molecule has 0 amide bonds. The van der Waals surface area contributed by atoms with Crippen LogP contribution >= 0.6 is 0 Å². The van der Waals surface area contributed by atoms with Crippen molar-refractivity contribution in [2.24, 2.45) is 5.41 Å². The van der Waals surface area contributed by atoms with Gasteiger partial charge in [0, 0.05) is 18.5 Å². The van der Waals surface area contributed by atoms with Crippen LogP contribution in [0.5, 0.6) is 0 Å². The highest BCUT2D eigenvalue weighted by molar-refractivity contribution is 5.00. The molecule has 1 atom stereocenters. The van der Waals surface area contributed by atoms with Gasteiger partial charge in [0.05, 0.1) is 6.10 Å². The van der Waals surface area contributed by atoms with Gasteiger partial charge in [0.15, 0.2) is 0 Å². The van der Waals surface area contributed by atoms with E-state index in [9.17, 15) is 5.11 Å². The Morgan fingerprint density at radius 2 is 2.22 bits per heavy atom.